The normalized spacial score (nSPS) is 11.5. The fourth-order valence-electron chi connectivity index (χ4n) is 2.82. The van der Waals surface area contributed by atoms with Crippen molar-refractivity contribution in [1.82, 2.24) is 4.57 Å². The Kier molecular flexibility index (Phi) is 4.49. The quantitative estimate of drug-likeness (QED) is 0.414. The lowest BCUT2D eigenvalue weighted by Gasteiger charge is -2.10. The third kappa shape index (κ3) is 2.92. The number of hydrogen-bond donors (Lipinski definition) is 1. The van der Waals surface area contributed by atoms with E-state index in [9.17, 15) is 20.0 Å². The molecule has 1 aromatic heterocycles. The van der Waals surface area contributed by atoms with E-state index < -0.39 is 10.8 Å². The van der Waals surface area contributed by atoms with E-state index >= 15 is 0 Å². The molecule has 0 radical (unpaired) electrons. The fraction of sp³-hybridized carbons (Fsp3) is 0.167. The van der Waals surface area contributed by atoms with Crippen molar-refractivity contribution in [2.75, 3.05) is 0 Å². The molecule has 8 nitrogen and oxygen atoms in total. The zero-order valence-corrected chi connectivity index (χ0v) is 14.2. The van der Waals surface area contributed by atoms with E-state index in [1.165, 1.54) is 24.3 Å². The van der Waals surface area contributed by atoms with Crippen molar-refractivity contribution < 1.29 is 14.8 Å². The minimum absolute atomic E-state index is 0.0326. The molecule has 8 heteroatoms. The summed E-state index contributed by atoms with van der Waals surface area (Å²) >= 11 is 0. The van der Waals surface area contributed by atoms with Gasteiger partial charge in [-0.15, -0.1) is 10.2 Å². The summed E-state index contributed by atoms with van der Waals surface area (Å²) < 4.78 is 1.68. The average molecular weight is 352 g/mol. The molecule has 0 bridgehead atoms. The summed E-state index contributed by atoms with van der Waals surface area (Å²) in [5.41, 5.74) is 0.409. The second-order valence-electron chi connectivity index (χ2n) is 5.93. The predicted molar refractivity (Wildman–Crippen MR) is 95.9 cm³/mol. The summed E-state index contributed by atoms with van der Waals surface area (Å²) in [6, 6.07) is 12.7. The number of hydrogen-bond acceptors (Lipinski definition) is 5. The lowest BCUT2D eigenvalue weighted by molar-refractivity contribution is -0.385. The Morgan fingerprint density at radius 1 is 1.15 bits per heavy atom. The fourth-order valence-corrected chi connectivity index (χ4v) is 2.82. The lowest BCUT2D eigenvalue weighted by atomic mass is 10.2. The molecule has 0 fully saturated rings. The Balaban J connectivity index is 2.06. The van der Waals surface area contributed by atoms with Crippen molar-refractivity contribution in [3.63, 3.8) is 0 Å². The molecule has 3 rings (SSSR count). The predicted octanol–water partition coefficient (Wildman–Crippen LogP) is 4.76. The van der Waals surface area contributed by atoms with Crippen molar-refractivity contribution in [1.29, 1.82) is 0 Å². The summed E-state index contributed by atoms with van der Waals surface area (Å²) in [6.07, 6.45) is 0. The summed E-state index contributed by atoms with van der Waals surface area (Å²) in [6.45, 7) is 3.82. The molecule has 3 aromatic rings. The van der Waals surface area contributed by atoms with Crippen LogP contribution in [0.25, 0.3) is 10.9 Å². The van der Waals surface area contributed by atoms with Crippen LogP contribution in [0.2, 0.25) is 0 Å². The highest BCUT2D eigenvalue weighted by Gasteiger charge is 2.21. The summed E-state index contributed by atoms with van der Waals surface area (Å²) in [5, 5.41) is 29.7. The van der Waals surface area contributed by atoms with Crippen molar-refractivity contribution >= 4 is 28.2 Å². The van der Waals surface area contributed by atoms with Gasteiger partial charge in [0.25, 0.3) is 5.69 Å². The molecular weight excluding hydrogens is 336 g/mol. The van der Waals surface area contributed by atoms with Crippen LogP contribution in [0.1, 0.15) is 30.2 Å². The highest BCUT2D eigenvalue weighted by Crippen LogP contribution is 2.40. The smallest absolute Gasteiger partial charge is 0.302 e. The summed E-state index contributed by atoms with van der Waals surface area (Å²) in [5.74, 6) is -0.960. The highest BCUT2D eigenvalue weighted by atomic mass is 16.6. The van der Waals surface area contributed by atoms with Gasteiger partial charge in [-0.2, -0.15) is 0 Å². The Bertz CT molecular complexity index is 1040. The number of aromatic hydroxyl groups is 1. The van der Waals surface area contributed by atoms with E-state index in [2.05, 4.69) is 10.2 Å². The van der Waals surface area contributed by atoms with Crippen LogP contribution >= 0.6 is 0 Å². The molecular formula is C18H16N4O4. The first kappa shape index (κ1) is 17.3. The number of benzene rings is 2. The van der Waals surface area contributed by atoms with Crippen LogP contribution in [0.4, 0.5) is 11.4 Å². The minimum atomic E-state index is -0.849. The molecule has 0 saturated heterocycles. The SMILES string of the molecule is CC(C)n1c(O)c(N=NC(=O)c2ccccc2[N+](=O)[O-])c2ccccc21. The third-order valence-corrected chi connectivity index (χ3v) is 3.95. The zero-order valence-electron chi connectivity index (χ0n) is 14.2. The molecule has 0 atom stereocenters. The molecule has 0 saturated carbocycles. The second-order valence-corrected chi connectivity index (χ2v) is 5.93. The summed E-state index contributed by atoms with van der Waals surface area (Å²) in [4.78, 5) is 22.7. The third-order valence-electron chi connectivity index (χ3n) is 3.95. The number of carbonyl (C=O) groups is 1. The number of rotatable bonds is 4. The van der Waals surface area contributed by atoms with Crippen LogP contribution in [-0.4, -0.2) is 20.5 Å². The number of para-hydroxylation sites is 2. The Morgan fingerprint density at radius 2 is 1.81 bits per heavy atom. The first-order valence-corrected chi connectivity index (χ1v) is 7.93. The number of azo groups is 1. The van der Waals surface area contributed by atoms with Crippen LogP contribution in [-0.2, 0) is 0 Å². The second kappa shape index (κ2) is 6.75. The standard InChI is InChI=1S/C18H16N4O4/c1-11(2)21-14-9-5-3-7-12(14)16(18(21)24)19-20-17(23)13-8-4-6-10-15(13)22(25)26/h3-11,24H,1-2H3. The van der Waals surface area contributed by atoms with Gasteiger partial charge in [-0.3, -0.25) is 14.9 Å². The van der Waals surface area contributed by atoms with Gasteiger partial charge < -0.3 is 9.67 Å². The van der Waals surface area contributed by atoms with Gasteiger partial charge in [-0.1, -0.05) is 30.3 Å². The van der Waals surface area contributed by atoms with Gasteiger partial charge >= 0.3 is 5.91 Å². The molecule has 2 aromatic carbocycles. The van der Waals surface area contributed by atoms with E-state index in [1.807, 2.05) is 26.0 Å². The monoisotopic (exact) mass is 352 g/mol. The van der Waals surface area contributed by atoms with Crippen molar-refractivity contribution in [3.05, 3.63) is 64.2 Å². The van der Waals surface area contributed by atoms with Gasteiger partial charge in [-0.05, 0) is 26.0 Å². The molecule has 0 aliphatic carbocycles. The number of aromatic nitrogens is 1. The topological polar surface area (TPSA) is 110 Å². The van der Waals surface area contributed by atoms with E-state index in [-0.39, 0.29) is 28.9 Å². The van der Waals surface area contributed by atoms with E-state index in [4.69, 9.17) is 0 Å². The molecule has 26 heavy (non-hydrogen) atoms. The maximum Gasteiger partial charge on any atom is 0.302 e. The zero-order chi connectivity index (χ0) is 18.8. The van der Waals surface area contributed by atoms with E-state index in [0.29, 0.717) is 5.39 Å². The first-order valence-electron chi connectivity index (χ1n) is 7.93. The average Bonchev–Trinajstić information content (AvgIpc) is 2.91. The molecule has 1 N–H and O–H groups in total. The highest BCUT2D eigenvalue weighted by molar-refractivity contribution is 5.99. The summed E-state index contributed by atoms with van der Waals surface area (Å²) in [7, 11) is 0. The van der Waals surface area contributed by atoms with Crippen LogP contribution in [0.15, 0.2) is 58.8 Å². The lowest BCUT2D eigenvalue weighted by Crippen LogP contribution is -2.00. The molecule has 132 valence electrons. The molecule has 0 spiro atoms. The maximum atomic E-state index is 12.3. The van der Waals surface area contributed by atoms with E-state index in [0.717, 1.165) is 5.52 Å². The number of amides is 1. The van der Waals surface area contributed by atoms with E-state index in [1.54, 1.807) is 16.7 Å². The van der Waals surface area contributed by atoms with Gasteiger partial charge in [0.2, 0.25) is 5.88 Å². The largest absolute Gasteiger partial charge is 0.493 e. The van der Waals surface area contributed by atoms with Crippen LogP contribution in [0, 0.1) is 10.1 Å². The van der Waals surface area contributed by atoms with Crippen LogP contribution in [0.5, 0.6) is 5.88 Å². The molecule has 1 heterocycles. The number of fused-ring (bicyclic) bond motifs is 1. The van der Waals surface area contributed by atoms with Gasteiger partial charge in [0.15, 0.2) is 5.69 Å². The molecule has 1 amide bonds. The number of carbonyl (C=O) groups excluding carboxylic acids is 1. The van der Waals surface area contributed by atoms with Gasteiger partial charge in [0.1, 0.15) is 5.56 Å². The van der Waals surface area contributed by atoms with Gasteiger partial charge in [-0.25, -0.2) is 0 Å². The van der Waals surface area contributed by atoms with Crippen molar-refractivity contribution in [3.8, 4) is 5.88 Å². The maximum absolute atomic E-state index is 12.3. The molecule has 0 aliphatic rings. The Hall–Kier alpha value is -3.55. The van der Waals surface area contributed by atoms with Crippen molar-refractivity contribution in [2.45, 2.75) is 19.9 Å². The number of nitrogens with zero attached hydrogens (tertiary/aromatic N) is 4. The van der Waals surface area contributed by atoms with Gasteiger partial charge in [0.05, 0.1) is 10.4 Å². The van der Waals surface area contributed by atoms with Crippen molar-refractivity contribution in [2.24, 2.45) is 10.2 Å². The number of nitro groups is 1. The first-order chi connectivity index (χ1) is 12.4. The van der Waals surface area contributed by atoms with Crippen LogP contribution < -0.4 is 0 Å². The van der Waals surface area contributed by atoms with Crippen LogP contribution in [0.3, 0.4) is 0 Å². The number of nitro benzene ring substituents is 1. The van der Waals surface area contributed by atoms with Gasteiger partial charge in [0, 0.05) is 17.5 Å². The molecule has 0 aliphatic heterocycles. The Morgan fingerprint density at radius 3 is 2.50 bits per heavy atom. The minimum Gasteiger partial charge on any atom is -0.493 e. The Labute approximate surface area is 148 Å². The molecule has 0 unspecified atom stereocenters.